The van der Waals surface area contributed by atoms with E-state index < -0.39 is 7.82 Å². The standard InChI is InChI=1S/C24H50NO4P/c1-5-6-7-8-9-10-11-12-13-14-15-16-17-18-19-20-21-23-28-30(26,27)29-24-22-25(2,3)4/h21,23H,5-20,22,24H2,1-4H3. The van der Waals surface area contributed by atoms with Crippen LogP contribution in [0.1, 0.15) is 110 Å². The van der Waals surface area contributed by atoms with Crippen LogP contribution in [-0.4, -0.2) is 38.8 Å². The van der Waals surface area contributed by atoms with Crippen LogP contribution in [-0.2, 0) is 13.6 Å². The number of phosphoric acid groups is 1. The molecule has 0 radical (unpaired) electrons. The van der Waals surface area contributed by atoms with Gasteiger partial charge in [-0.15, -0.1) is 0 Å². The van der Waals surface area contributed by atoms with Crippen LogP contribution in [0.5, 0.6) is 0 Å². The Balaban J connectivity index is 3.36. The summed E-state index contributed by atoms with van der Waals surface area (Å²) in [7, 11) is 1.73. The Hall–Kier alpha value is -0.350. The van der Waals surface area contributed by atoms with E-state index in [0.29, 0.717) is 11.0 Å². The average Bonchev–Trinajstić information content (AvgIpc) is 2.65. The molecule has 0 aliphatic heterocycles. The number of quaternary nitrogens is 1. The molecule has 1 atom stereocenters. The molecule has 0 aliphatic rings. The van der Waals surface area contributed by atoms with E-state index in [-0.39, 0.29) is 6.61 Å². The van der Waals surface area contributed by atoms with Crippen molar-refractivity contribution in [2.45, 2.75) is 110 Å². The maximum atomic E-state index is 11.6. The van der Waals surface area contributed by atoms with Gasteiger partial charge in [-0.1, -0.05) is 96.8 Å². The predicted molar refractivity (Wildman–Crippen MR) is 126 cm³/mol. The molecule has 0 spiro atoms. The van der Waals surface area contributed by atoms with Gasteiger partial charge in [-0.3, -0.25) is 4.57 Å². The molecule has 0 aromatic heterocycles. The van der Waals surface area contributed by atoms with Crippen molar-refractivity contribution in [1.29, 1.82) is 0 Å². The molecule has 0 N–H and O–H groups in total. The maximum absolute atomic E-state index is 11.6. The fraction of sp³-hybridized carbons (Fsp3) is 0.917. The Kier molecular flexibility index (Phi) is 19.1. The molecule has 0 rings (SSSR count). The van der Waals surface area contributed by atoms with Crippen molar-refractivity contribution in [2.24, 2.45) is 0 Å². The molecule has 0 heterocycles. The van der Waals surface area contributed by atoms with Gasteiger partial charge in [0, 0.05) is 0 Å². The van der Waals surface area contributed by atoms with Crippen molar-refractivity contribution in [3.63, 3.8) is 0 Å². The molecule has 0 fully saturated rings. The second-order valence-corrected chi connectivity index (χ2v) is 10.9. The lowest BCUT2D eigenvalue weighted by Crippen LogP contribution is -2.37. The first-order valence-corrected chi connectivity index (χ1v) is 13.8. The second kappa shape index (κ2) is 19.3. The van der Waals surface area contributed by atoms with Gasteiger partial charge in [0.1, 0.15) is 13.2 Å². The van der Waals surface area contributed by atoms with Gasteiger partial charge >= 0.3 is 7.82 Å². The highest BCUT2D eigenvalue weighted by Crippen LogP contribution is 2.38. The maximum Gasteiger partial charge on any atom is 0.319 e. The molecule has 0 saturated carbocycles. The Morgan fingerprint density at radius 2 is 1.20 bits per heavy atom. The van der Waals surface area contributed by atoms with E-state index in [1.807, 2.05) is 21.1 Å². The van der Waals surface area contributed by atoms with Crippen LogP contribution in [0.25, 0.3) is 0 Å². The minimum atomic E-state index is -4.22. The first-order chi connectivity index (χ1) is 14.3. The molecule has 0 saturated heterocycles. The summed E-state index contributed by atoms with van der Waals surface area (Å²) in [6.45, 7) is 3.02. The van der Waals surface area contributed by atoms with E-state index in [1.165, 1.54) is 96.2 Å². The molecule has 0 amide bonds. The topological polar surface area (TPSA) is 58.6 Å². The number of hydrogen-bond acceptors (Lipinski definition) is 4. The number of phosphoric ester groups is 1. The van der Waals surface area contributed by atoms with Crippen LogP contribution in [0.3, 0.4) is 0 Å². The summed E-state index contributed by atoms with van der Waals surface area (Å²) in [6, 6.07) is 0. The average molecular weight is 448 g/mol. The highest BCUT2D eigenvalue weighted by molar-refractivity contribution is 7.45. The van der Waals surface area contributed by atoms with Crippen LogP contribution in [0.4, 0.5) is 0 Å². The first-order valence-electron chi connectivity index (χ1n) is 12.4. The number of allylic oxidation sites excluding steroid dienone is 1. The summed E-state index contributed by atoms with van der Waals surface area (Å²) in [5, 5.41) is 0. The van der Waals surface area contributed by atoms with Gasteiger partial charge in [0.2, 0.25) is 0 Å². The molecule has 0 bridgehead atoms. The van der Waals surface area contributed by atoms with Gasteiger partial charge in [-0.2, -0.15) is 0 Å². The number of nitrogens with zero attached hydrogens (tertiary/aromatic N) is 1. The fourth-order valence-corrected chi connectivity index (χ4v) is 3.88. The van der Waals surface area contributed by atoms with E-state index in [0.717, 1.165) is 12.8 Å². The third kappa shape index (κ3) is 23.9. The third-order valence-corrected chi connectivity index (χ3v) is 6.15. The van der Waals surface area contributed by atoms with Crippen molar-refractivity contribution < 1.29 is 23.0 Å². The second-order valence-electron chi connectivity index (χ2n) is 9.51. The van der Waals surface area contributed by atoms with Crippen LogP contribution in [0, 0.1) is 0 Å². The smallest absolute Gasteiger partial charge is 0.319 e. The minimum Gasteiger partial charge on any atom is -0.746 e. The van der Waals surface area contributed by atoms with Crippen molar-refractivity contribution in [1.82, 2.24) is 0 Å². The van der Waals surface area contributed by atoms with E-state index in [2.05, 4.69) is 6.92 Å². The van der Waals surface area contributed by atoms with E-state index in [9.17, 15) is 9.46 Å². The fourth-order valence-electron chi connectivity index (χ4n) is 3.28. The van der Waals surface area contributed by atoms with Crippen LogP contribution in [0.15, 0.2) is 12.3 Å². The van der Waals surface area contributed by atoms with Crippen LogP contribution in [0.2, 0.25) is 0 Å². The normalized spacial score (nSPS) is 14.3. The van der Waals surface area contributed by atoms with Crippen molar-refractivity contribution in [2.75, 3.05) is 34.3 Å². The molecule has 30 heavy (non-hydrogen) atoms. The molecule has 6 heteroatoms. The number of unbranched alkanes of at least 4 members (excludes halogenated alkanes) is 15. The summed E-state index contributed by atoms with van der Waals surface area (Å²) < 4.78 is 21.9. The van der Waals surface area contributed by atoms with Gasteiger partial charge in [-0.25, -0.2) is 0 Å². The Labute approximate surface area is 187 Å². The van der Waals surface area contributed by atoms with Gasteiger partial charge in [0.05, 0.1) is 27.4 Å². The van der Waals surface area contributed by atoms with Crippen LogP contribution >= 0.6 is 7.82 Å². The van der Waals surface area contributed by atoms with Crippen molar-refractivity contribution in [3.05, 3.63) is 12.3 Å². The van der Waals surface area contributed by atoms with Crippen LogP contribution < -0.4 is 4.89 Å². The zero-order chi connectivity index (χ0) is 22.6. The van der Waals surface area contributed by atoms with E-state index in [1.54, 1.807) is 6.08 Å². The Bertz CT molecular complexity index is 449. The Morgan fingerprint density at radius 1 is 0.767 bits per heavy atom. The highest BCUT2D eigenvalue weighted by atomic mass is 31.2. The molecular formula is C24H50NO4P. The largest absolute Gasteiger partial charge is 0.746 e. The lowest BCUT2D eigenvalue weighted by Gasteiger charge is -2.26. The number of likely N-dealkylation sites (N-methyl/N-ethyl adjacent to an activating group) is 1. The van der Waals surface area contributed by atoms with Gasteiger partial charge < -0.3 is 18.4 Å². The summed E-state index contributed by atoms with van der Waals surface area (Å²) in [4.78, 5) is 11.6. The highest BCUT2D eigenvalue weighted by Gasteiger charge is 2.12. The van der Waals surface area contributed by atoms with Gasteiger partial charge in [0.25, 0.3) is 0 Å². The quantitative estimate of drug-likeness (QED) is 0.0778. The molecule has 180 valence electrons. The first kappa shape index (κ1) is 29.7. The molecule has 5 nitrogen and oxygen atoms in total. The van der Waals surface area contributed by atoms with Gasteiger partial charge in [0.15, 0.2) is 0 Å². The summed E-state index contributed by atoms with van der Waals surface area (Å²) in [5.74, 6) is 0. The predicted octanol–water partition coefficient (Wildman–Crippen LogP) is 6.97. The summed E-state index contributed by atoms with van der Waals surface area (Å²) >= 11 is 0. The van der Waals surface area contributed by atoms with Gasteiger partial charge in [-0.05, 0) is 18.9 Å². The third-order valence-electron chi connectivity index (χ3n) is 5.27. The molecule has 1 unspecified atom stereocenters. The zero-order valence-electron chi connectivity index (χ0n) is 20.4. The zero-order valence-corrected chi connectivity index (χ0v) is 21.3. The monoisotopic (exact) mass is 447 g/mol. The van der Waals surface area contributed by atoms with Crippen molar-refractivity contribution >= 4 is 7.82 Å². The molecule has 0 aromatic carbocycles. The lowest BCUT2D eigenvalue weighted by molar-refractivity contribution is -0.870. The van der Waals surface area contributed by atoms with E-state index in [4.69, 9.17) is 9.05 Å². The molecule has 0 aromatic rings. The lowest BCUT2D eigenvalue weighted by atomic mass is 10.0. The summed E-state index contributed by atoms with van der Waals surface area (Å²) in [5.41, 5.74) is 0. The number of hydrogen-bond donors (Lipinski definition) is 0. The Morgan fingerprint density at radius 3 is 1.63 bits per heavy atom. The SMILES string of the molecule is CCCCCCCCCCCCCCCCCC=COP(=O)([O-])OCC[N+](C)(C)C. The number of rotatable bonds is 22. The molecular weight excluding hydrogens is 397 g/mol. The van der Waals surface area contributed by atoms with Crippen molar-refractivity contribution in [3.8, 4) is 0 Å². The summed E-state index contributed by atoms with van der Waals surface area (Å²) in [6.07, 6.45) is 24.1. The molecule has 0 aliphatic carbocycles. The minimum absolute atomic E-state index is 0.136. The van der Waals surface area contributed by atoms with E-state index >= 15 is 0 Å².